The fraction of sp³-hybridized carbons (Fsp3) is 0.0769. The summed E-state index contributed by atoms with van der Waals surface area (Å²) in [6.45, 7) is 0. The molecular formula is C13H5F5. The second kappa shape index (κ2) is 3.54. The van der Waals surface area contributed by atoms with Gasteiger partial charge in [-0.3, -0.25) is 0 Å². The second-order valence-electron chi connectivity index (χ2n) is 4.06. The minimum atomic E-state index is -1.91. The molecule has 0 spiro atoms. The molecule has 1 aliphatic carbocycles. The van der Waals surface area contributed by atoms with Crippen LogP contribution in [0.25, 0.3) is 11.1 Å². The Morgan fingerprint density at radius 2 is 1.39 bits per heavy atom. The molecule has 0 aliphatic heterocycles. The lowest BCUT2D eigenvalue weighted by Crippen LogP contribution is -2.02. The highest BCUT2D eigenvalue weighted by molar-refractivity contribution is 5.78. The third kappa shape index (κ3) is 1.24. The third-order valence-corrected chi connectivity index (χ3v) is 3.08. The predicted molar refractivity (Wildman–Crippen MR) is 54.5 cm³/mol. The van der Waals surface area contributed by atoms with Crippen LogP contribution < -0.4 is 0 Å². The average molecular weight is 256 g/mol. The highest BCUT2D eigenvalue weighted by Gasteiger charge is 2.33. The molecule has 0 aromatic heterocycles. The van der Waals surface area contributed by atoms with E-state index in [-0.39, 0.29) is 17.5 Å². The minimum Gasteiger partial charge on any atom is -0.206 e. The van der Waals surface area contributed by atoms with Gasteiger partial charge >= 0.3 is 0 Å². The lowest BCUT2D eigenvalue weighted by Gasteiger charge is -2.07. The molecule has 0 radical (unpaired) electrons. The molecule has 2 aromatic rings. The van der Waals surface area contributed by atoms with E-state index >= 15 is 0 Å². The van der Waals surface area contributed by atoms with Gasteiger partial charge in [0.15, 0.2) is 23.3 Å². The smallest absolute Gasteiger partial charge is 0.198 e. The largest absolute Gasteiger partial charge is 0.206 e. The second-order valence-corrected chi connectivity index (χ2v) is 4.06. The van der Waals surface area contributed by atoms with Crippen molar-refractivity contribution in [3.05, 3.63) is 58.4 Å². The van der Waals surface area contributed by atoms with Gasteiger partial charge in [-0.1, -0.05) is 12.1 Å². The van der Waals surface area contributed by atoms with Crippen molar-refractivity contribution in [2.75, 3.05) is 0 Å². The average Bonchev–Trinajstić information content (AvgIpc) is 2.75. The van der Waals surface area contributed by atoms with Crippen LogP contribution in [0.5, 0.6) is 0 Å². The summed E-state index contributed by atoms with van der Waals surface area (Å²) in [5, 5.41) is 0. The van der Waals surface area contributed by atoms with Crippen molar-refractivity contribution in [1.29, 1.82) is 0 Å². The van der Waals surface area contributed by atoms with Gasteiger partial charge in [0, 0.05) is 23.1 Å². The fourth-order valence-electron chi connectivity index (χ4n) is 2.29. The molecule has 3 rings (SSSR count). The van der Waals surface area contributed by atoms with Crippen LogP contribution in [0.2, 0.25) is 0 Å². The van der Waals surface area contributed by atoms with Gasteiger partial charge in [-0.25, -0.2) is 22.0 Å². The third-order valence-electron chi connectivity index (χ3n) is 3.08. The zero-order chi connectivity index (χ0) is 13.0. The molecule has 0 N–H and O–H groups in total. The molecule has 1 aliphatic rings. The Bertz CT molecular complexity index is 676. The van der Waals surface area contributed by atoms with Gasteiger partial charge in [0.1, 0.15) is 5.82 Å². The SMILES string of the molecule is Fc1cccc2c1-c1c(F)c(F)c(F)c(F)c1C2. The maximum atomic E-state index is 13.7. The van der Waals surface area contributed by atoms with Gasteiger partial charge in [0.05, 0.1) is 0 Å². The summed E-state index contributed by atoms with van der Waals surface area (Å²) < 4.78 is 67.0. The Morgan fingerprint density at radius 1 is 0.722 bits per heavy atom. The van der Waals surface area contributed by atoms with Crippen LogP contribution in [0.4, 0.5) is 22.0 Å². The van der Waals surface area contributed by atoms with E-state index in [1.54, 1.807) is 0 Å². The van der Waals surface area contributed by atoms with Gasteiger partial charge in [-0.05, 0) is 11.6 Å². The van der Waals surface area contributed by atoms with Crippen molar-refractivity contribution in [2.24, 2.45) is 0 Å². The molecular weight excluding hydrogens is 251 g/mol. The van der Waals surface area contributed by atoms with Crippen LogP contribution in [0.15, 0.2) is 18.2 Å². The zero-order valence-electron chi connectivity index (χ0n) is 8.83. The van der Waals surface area contributed by atoms with Crippen molar-refractivity contribution in [1.82, 2.24) is 0 Å². The number of rotatable bonds is 0. The Morgan fingerprint density at radius 3 is 2.11 bits per heavy atom. The van der Waals surface area contributed by atoms with E-state index in [9.17, 15) is 22.0 Å². The summed E-state index contributed by atoms with van der Waals surface area (Å²) in [6.07, 6.45) is -0.150. The lowest BCUT2D eigenvalue weighted by molar-refractivity contribution is 0.407. The van der Waals surface area contributed by atoms with Crippen LogP contribution in [0.1, 0.15) is 11.1 Å². The first kappa shape index (κ1) is 11.2. The Labute approximate surface area is 98.7 Å². The van der Waals surface area contributed by atoms with Gasteiger partial charge in [-0.2, -0.15) is 0 Å². The molecule has 0 bridgehead atoms. The fourth-order valence-corrected chi connectivity index (χ4v) is 2.29. The van der Waals surface area contributed by atoms with Crippen LogP contribution in [-0.2, 0) is 6.42 Å². The quantitative estimate of drug-likeness (QED) is 0.324. The van der Waals surface area contributed by atoms with E-state index in [2.05, 4.69) is 0 Å². The summed E-state index contributed by atoms with van der Waals surface area (Å²) in [7, 11) is 0. The summed E-state index contributed by atoms with van der Waals surface area (Å²) in [5.74, 6) is -7.57. The summed E-state index contributed by atoms with van der Waals surface area (Å²) in [4.78, 5) is 0. The summed E-state index contributed by atoms with van der Waals surface area (Å²) in [5.41, 5.74) is -0.735. The normalized spacial score (nSPS) is 12.5. The molecule has 0 amide bonds. The van der Waals surface area contributed by atoms with E-state index in [0.29, 0.717) is 5.56 Å². The van der Waals surface area contributed by atoms with Crippen molar-refractivity contribution in [2.45, 2.75) is 6.42 Å². The monoisotopic (exact) mass is 256 g/mol. The lowest BCUT2D eigenvalue weighted by atomic mass is 10.0. The maximum absolute atomic E-state index is 13.7. The summed E-state index contributed by atoms with van der Waals surface area (Å²) in [6, 6.07) is 3.90. The minimum absolute atomic E-state index is 0.150. The van der Waals surface area contributed by atoms with Crippen molar-refractivity contribution in [3.63, 3.8) is 0 Å². The first-order valence-electron chi connectivity index (χ1n) is 5.15. The van der Waals surface area contributed by atoms with Gasteiger partial charge < -0.3 is 0 Å². The zero-order valence-corrected chi connectivity index (χ0v) is 8.83. The van der Waals surface area contributed by atoms with Crippen molar-refractivity contribution < 1.29 is 22.0 Å². The number of fused-ring (bicyclic) bond motifs is 3. The number of hydrogen-bond acceptors (Lipinski definition) is 0. The Kier molecular flexibility index (Phi) is 2.20. The molecule has 0 fully saturated rings. The van der Waals surface area contributed by atoms with Crippen LogP contribution in [0.3, 0.4) is 0 Å². The van der Waals surface area contributed by atoms with Crippen LogP contribution >= 0.6 is 0 Å². The van der Waals surface area contributed by atoms with Crippen LogP contribution in [0, 0.1) is 29.1 Å². The van der Waals surface area contributed by atoms with Crippen molar-refractivity contribution in [3.8, 4) is 11.1 Å². The number of benzene rings is 2. The number of hydrogen-bond donors (Lipinski definition) is 0. The highest BCUT2D eigenvalue weighted by Crippen LogP contribution is 2.42. The molecule has 0 heterocycles. The van der Waals surface area contributed by atoms with Crippen LogP contribution in [-0.4, -0.2) is 0 Å². The predicted octanol–water partition coefficient (Wildman–Crippen LogP) is 3.95. The molecule has 2 aromatic carbocycles. The standard InChI is InChI=1S/C13H5F5/c14-7-3-1-2-5-4-6-9(8(5)7)11(16)13(18)12(17)10(6)15/h1-3H,4H2. The Balaban J connectivity index is 2.44. The van der Waals surface area contributed by atoms with Crippen molar-refractivity contribution >= 4 is 0 Å². The van der Waals surface area contributed by atoms with E-state index < -0.39 is 34.6 Å². The molecule has 0 saturated heterocycles. The van der Waals surface area contributed by atoms with E-state index in [0.717, 1.165) is 6.07 Å². The topological polar surface area (TPSA) is 0 Å². The van der Waals surface area contributed by atoms with Gasteiger partial charge in [0.25, 0.3) is 0 Å². The first-order valence-corrected chi connectivity index (χ1v) is 5.15. The molecule has 0 nitrogen and oxygen atoms in total. The Hall–Kier alpha value is -1.91. The van der Waals surface area contributed by atoms with E-state index in [1.807, 2.05) is 0 Å². The van der Waals surface area contributed by atoms with E-state index in [4.69, 9.17) is 0 Å². The van der Waals surface area contributed by atoms with Gasteiger partial charge in [-0.15, -0.1) is 0 Å². The first-order chi connectivity index (χ1) is 8.52. The maximum Gasteiger partial charge on any atom is 0.198 e. The molecule has 0 unspecified atom stereocenters. The highest BCUT2D eigenvalue weighted by atomic mass is 19.2. The molecule has 0 saturated carbocycles. The van der Waals surface area contributed by atoms with E-state index in [1.165, 1.54) is 12.1 Å². The van der Waals surface area contributed by atoms with Gasteiger partial charge in [0.2, 0.25) is 0 Å². The molecule has 5 heteroatoms. The molecule has 92 valence electrons. The number of halogens is 5. The summed E-state index contributed by atoms with van der Waals surface area (Å²) >= 11 is 0. The molecule has 0 atom stereocenters. The molecule has 18 heavy (non-hydrogen) atoms.